The van der Waals surface area contributed by atoms with E-state index in [9.17, 15) is 4.79 Å². The van der Waals surface area contributed by atoms with Crippen LogP contribution in [0, 0.1) is 5.92 Å². The molecule has 18 heavy (non-hydrogen) atoms. The molecule has 1 saturated carbocycles. The molecule has 2 aromatic heterocycles. The second kappa shape index (κ2) is 4.38. The first kappa shape index (κ1) is 11.2. The summed E-state index contributed by atoms with van der Waals surface area (Å²) >= 11 is 0. The van der Waals surface area contributed by atoms with Crippen LogP contribution in [-0.4, -0.2) is 33.1 Å². The van der Waals surface area contributed by atoms with E-state index in [4.69, 9.17) is 5.73 Å². The Kier molecular flexibility index (Phi) is 2.71. The first-order chi connectivity index (χ1) is 8.74. The van der Waals surface area contributed by atoms with Crippen molar-refractivity contribution >= 4 is 11.4 Å². The summed E-state index contributed by atoms with van der Waals surface area (Å²) in [5.41, 5.74) is 6.99. The number of carbonyl (C=O) groups excluding carboxylic acids is 1. The Morgan fingerprint density at radius 2 is 2.33 bits per heavy atom. The van der Waals surface area contributed by atoms with Gasteiger partial charge in [-0.2, -0.15) is 5.10 Å². The minimum absolute atomic E-state index is 0.0986. The topological polar surface area (TPSA) is 85.3 Å². The van der Waals surface area contributed by atoms with E-state index >= 15 is 0 Å². The standard InChI is InChI=1S/C12H15N5O/c13-9-3-8(4-9)5-15-12(18)10-6-16-17-2-1-14-7-11(10)17/h1-2,6-9H,3-5,13H2,(H,15,18). The Hall–Kier alpha value is -1.95. The summed E-state index contributed by atoms with van der Waals surface area (Å²) in [5.74, 6) is 0.419. The van der Waals surface area contributed by atoms with Crippen molar-refractivity contribution in [2.24, 2.45) is 11.7 Å². The number of nitrogens with one attached hydrogen (secondary N) is 1. The van der Waals surface area contributed by atoms with Crippen molar-refractivity contribution in [3.05, 3.63) is 30.4 Å². The molecule has 1 aliphatic rings. The van der Waals surface area contributed by atoms with E-state index in [0.29, 0.717) is 24.1 Å². The van der Waals surface area contributed by atoms with Gasteiger partial charge in [-0.05, 0) is 18.8 Å². The van der Waals surface area contributed by atoms with Gasteiger partial charge in [0.25, 0.3) is 5.91 Å². The fourth-order valence-electron chi connectivity index (χ4n) is 2.30. The van der Waals surface area contributed by atoms with Crippen LogP contribution in [0.4, 0.5) is 0 Å². The van der Waals surface area contributed by atoms with Gasteiger partial charge in [-0.1, -0.05) is 0 Å². The number of nitrogens with zero attached hydrogens (tertiary/aromatic N) is 3. The maximum absolute atomic E-state index is 12.0. The molecule has 6 nitrogen and oxygen atoms in total. The van der Waals surface area contributed by atoms with Crippen molar-refractivity contribution in [2.75, 3.05) is 6.54 Å². The molecule has 94 valence electrons. The van der Waals surface area contributed by atoms with Gasteiger partial charge in [0.15, 0.2) is 0 Å². The molecule has 2 aromatic rings. The molecule has 0 saturated heterocycles. The number of amides is 1. The fourth-order valence-corrected chi connectivity index (χ4v) is 2.30. The maximum Gasteiger partial charge on any atom is 0.255 e. The molecule has 0 aliphatic heterocycles. The predicted octanol–water partition coefficient (Wildman–Crippen LogP) is 0.196. The number of fused-ring (bicyclic) bond motifs is 1. The quantitative estimate of drug-likeness (QED) is 0.808. The first-order valence-electron chi connectivity index (χ1n) is 6.05. The lowest BCUT2D eigenvalue weighted by atomic mass is 9.81. The van der Waals surface area contributed by atoms with Gasteiger partial charge < -0.3 is 11.1 Å². The Morgan fingerprint density at radius 1 is 1.50 bits per heavy atom. The van der Waals surface area contributed by atoms with Crippen molar-refractivity contribution < 1.29 is 4.79 Å². The number of carbonyl (C=O) groups is 1. The van der Waals surface area contributed by atoms with Crippen LogP contribution in [0.1, 0.15) is 23.2 Å². The second-order valence-corrected chi connectivity index (χ2v) is 4.77. The zero-order valence-corrected chi connectivity index (χ0v) is 9.91. The minimum atomic E-state index is -0.0986. The van der Waals surface area contributed by atoms with Gasteiger partial charge in [-0.15, -0.1) is 0 Å². The highest BCUT2D eigenvalue weighted by Gasteiger charge is 2.26. The molecule has 1 fully saturated rings. The molecule has 1 amide bonds. The Morgan fingerprint density at radius 3 is 3.11 bits per heavy atom. The molecule has 0 atom stereocenters. The molecule has 0 bridgehead atoms. The number of rotatable bonds is 3. The van der Waals surface area contributed by atoms with Crippen LogP contribution in [0.2, 0.25) is 0 Å². The summed E-state index contributed by atoms with van der Waals surface area (Å²) < 4.78 is 1.64. The van der Waals surface area contributed by atoms with Crippen molar-refractivity contribution in [2.45, 2.75) is 18.9 Å². The highest BCUT2D eigenvalue weighted by Crippen LogP contribution is 2.24. The second-order valence-electron chi connectivity index (χ2n) is 4.77. The highest BCUT2D eigenvalue weighted by atomic mass is 16.1. The molecule has 0 radical (unpaired) electrons. The van der Waals surface area contributed by atoms with Crippen LogP contribution in [0.3, 0.4) is 0 Å². The molecular weight excluding hydrogens is 230 g/mol. The van der Waals surface area contributed by atoms with E-state index in [1.54, 1.807) is 29.3 Å². The smallest absolute Gasteiger partial charge is 0.255 e. The summed E-state index contributed by atoms with van der Waals surface area (Å²) in [6, 6.07) is 0.313. The van der Waals surface area contributed by atoms with Gasteiger partial charge >= 0.3 is 0 Å². The monoisotopic (exact) mass is 245 g/mol. The van der Waals surface area contributed by atoms with E-state index in [-0.39, 0.29) is 5.91 Å². The maximum atomic E-state index is 12.0. The summed E-state index contributed by atoms with van der Waals surface area (Å²) in [5, 5.41) is 7.03. The van der Waals surface area contributed by atoms with Gasteiger partial charge in [0.2, 0.25) is 0 Å². The van der Waals surface area contributed by atoms with E-state index < -0.39 is 0 Å². The molecule has 0 unspecified atom stereocenters. The van der Waals surface area contributed by atoms with Crippen molar-refractivity contribution in [3.63, 3.8) is 0 Å². The normalized spacial score (nSPS) is 22.7. The van der Waals surface area contributed by atoms with Gasteiger partial charge in [0, 0.05) is 25.0 Å². The third-order valence-corrected chi connectivity index (χ3v) is 3.39. The summed E-state index contributed by atoms with van der Waals surface area (Å²) in [6.45, 7) is 0.685. The zero-order chi connectivity index (χ0) is 12.5. The van der Waals surface area contributed by atoms with Crippen LogP contribution in [0.15, 0.2) is 24.8 Å². The van der Waals surface area contributed by atoms with E-state index in [1.807, 2.05) is 0 Å². The average Bonchev–Trinajstić information content (AvgIpc) is 2.76. The number of aromatic nitrogens is 3. The Bertz CT molecular complexity index is 573. The Balaban J connectivity index is 1.68. The molecule has 0 spiro atoms. The van der Waals surface area contributed by atoms with E-state index in [1.165, 1.54) is 0 Å². The van der Waals surface area contributed by atoms with Gasteiger partial charge in [-0.3, -0.25) is 9.78 Å². The molecule has 1 aliphatic carbocycles. The largest absolute Gasteiger partial charge is 0.352 e. The molecule has 0 aromatic carbocycles. The zero-order valence-electron chi connectivity index (χ0n) is 9.91. The van der Waals surface area contributed by atoms with Crippen LogP contribution < -0.4 is 11.1 Å². The number of nitrogens with two attached hydrogens (primary N) is 1. The third-order valence-electron chi connectivity index (χ3n) is 3.39. The number of hydrogen-bond acceptors (Lipinski definition) is 4. The molecule has 6 heteroatoms. The van der Waals surface area contributed by atoms with Crippen LogP contribution >= 0.6 is 0 Å². The lowest BCUT2D eigenvalue weighted by Crippen LogP contribution is -2.42. The van der Waals surface area contributed by atoms with Gasteiger partial charge in [0.05, 0.1) is 23.5 Å². The lowest BCUT2D eigenvalue weighted by Gasteiger charge is -2.32. The van der Waals surface area contributed by atoms with Crippen LogP contribution in [0.5, 0.6) is 0 Å². The third kappa shape index (κ3) is 1.95. The van der Waals surface area contributed by atoms with Gasteiger partial charge in [-0.25, -0.2) is 4.52 Å². The summed E-state index contributed by atoms with van der Waals surface area (Å²) in [4.78, 5) is 16.0. The molecule has 3 rings (SSSR count). The van der Waals surface area contributed by atoms with Crippen LogP contribution in [0.25, 0.3) is 5.52 Å². The van der Waals surface area contributed by atoms with E-state index in [2.05, 4.69) is 15.4 Å². The average molecular weight is 245 g/mol. The fraction of sp³-hybridized carbons (Fsp3) is 0.417. The van der Waals surface area contributed by atoms with Crippen molar-refractivity contribution in [1.29, 1.82) is 0 Å². The SMILES string of the molecule is NC1CC(CNC(=O)c2cnn3ccncc23)C1. The Labute approximate surface area is 104 Å². The van der Waals surface area contributed by atoms with Crippen molar-refractivity contribution in [3.8, 4) is 0 Å². The number of hydrogen-bond donors (Lipinski definition) is 2. The molecule has 3 N–H and O–H groups in total. The van der Waals surface area contributed by atoms with E-state index in [0.717, 1.165) is 18.4 Å². The summed E-state index contributed by atoms with van der Waals surface area (Å²) in [7, 11) is 0. The minimum Gasteiger partial charge on any atom is -0.352 e. The van der Waals surface area contributed by atoms with Crippen molar-refractivity contribution in [1.82, 2.24) is 19.9 Å². The molecule has 2 heterocycles. The first-order valence-corrected chi connectivity index (χ1v) is 6.05. The highest BCUT2D eigenvalue weighted by molar-refractivity contribution is 6.00. The predicted molar refractivity (Wildman–Crippen MR) is 66.0 cm³/mol. The molecular formula is C12H15N5O. The van der Waals surface area contributed by atoms with Gasteiger partial charge in [0.1, 0.15) is 0 Å². The van der Waals surface area contributed by atoms with Crippen LogP contribution in [-0.2, 0) is 0 Å². The summed E-state index contributed by atoms with van der Waals surface area (Å²) in [6.07, 6.45) is 8.56. The lowest BCUT2D eigenvalue weighted by molar-refractivity contribution is 0.0937.